The van der Waals surface area contributed by atoms with Gasteiger partial charge in [-0.05, 0) is 60.2 Å². The van der Waals surface area contributed by atoms with Crippen LogP contribution in [-0.4, -0.2) is 28.5 Å². The molecule has 0 unspecified atom stereocenters. The van der Waals surface area contributed by atoms with E-state index in [1.165, 1.54) is 0 Å². The number of halogens is 1. The molecular formula is C26H21ClN2O4S. The van der Waals surface area contributed by atoms with E-state index in [0.717, 1.165) is 33.4 Å². The molecule has 1 N–H and O–H groups in total. The zero-order valence-electron chi connectivity index (χ0n) is 18.3. The molecule has 6 nitrogen and oxygen atoms in total. The Bertz CT molecular complexity index is 1270. The number of imide groups is 1. The molecule has 0 atom stereocenters. The highest BCUT2D eigenvalue weighted by atomic mass is 35.5. The third kappa shape index (κ3) is 5.68. The van der Waals surface area contributed by atoms with E-state index in [9.17, 15) is 14.4 Å². The van der Waals surface area contributed by atoms with Gasteiger partial charge in [0.1, 0.15) is 18.9 Å². The quantitative estimate of drug-likeness (QED) is 0.415. The summed E-state index contributed by atoms with van der Waals surface area (Å²) in [6.07, 6.45) is 1.63. The Morgan fingerprint density at radius 2 is 1.74 bits per heavy atom. The van der Waals surface area contributed by atoms with Crippen molar-refractivity contribution < 1.29 is 19.1 Å². The van der Waals surface area contributed by atoms with Gasteiger partial charge in [-0.3, -0.25) is 19.3 Å². The lowest BCUT2D eigenvalue weighted by atomic mass is 10.2. The fourth-order valence-electron chi connectivity index (χ4n) is 3.27. The molecule has 0 saturated carbocycles. The van der Waals surface area contributed by atoms with Crippen molar-refractivity contribution in [2.45, 2.75) is 13.5 Å². The Morgan fingerprint density at radius 1 is 1.03 bits per heavy atom. The van der Waals surface area contributed by atoms with Crippen molar-refractivity contribution in [1.29, 1.82) is 0 Å². The van der Waals surface area contributed by atoms with Gasteiger partial charge in [-0.25, -0.2) is 0 Å². The summed E-state index contributed by atoms with van der Waals surface area (Å²) in [5.41, 5.74) is 3.16. The number of para-hydroxylation sites is 1. The zero-order valence-corrected chi connectivity index (χ0v) is 19.9. The number of thioether (sulfide) groups is 1. The molecule has 4 rings (SSSR count). The molecule has 1 fully saturated rings. The third-order valence-electron chi connectivity index (χ3n) is 5.12. The molecule has 34 heavy (non-hydrogen) atoms. The second-order valence-corrected chi connectivity index (χ2v) is 8.98. The van der Waals surface area contributed by atoms with E-state index in [1.807, 2.05) is 43.3 Å². The number of hydrogen-bond donors (Lipinski definition) is 1. The van der Waals surface area contributed by atoms with E-state index in [1.54, 1.807) is 42.5 Å². The van der Waals surface area contributed by atoms with Gasteiger partial charge < -0.3 is 10.1 Å². The molecular weight excluding hydrogens is 472 g/mol. The number of carbonyl (C=O) groups is 3. The number of amides is 3. The highest BCUT2D eigenvalue weighted by molar-refractivity contribution is 8.18. The van der Waals surface area contributed by atoms with Crippen LogP contribution in [0.2, 0.25) is 5.02 Å². The van der Waals surface area contributed by atoms with E-state index in [-0.39, 0.29) is 11.4 Å². The number of aryl methyl sites for hydroxylation is 1. The van der Waals surface area contributed by atoms with Gasteiger partial charge in [-0.2, -0.15) is 0 Å². The molecule has 8 heteroatoms. The predicted octanol–water partition coefficient (Wildman–Crippen LogP) is 5.90. The SMILES string of the molecule is Cc1ccccc1NC(=O)CN1C(=O)S/C(=C/c2ccc(OCc3ccccc3Cl)cc2)C1=O. The van der Waals surface area contributed by atoms with Crippen LogP contribution < -0.4 is 10.1 Å². The van der Waals surface area contributed by atoms with Crippen LogP contribution in [0.25, 0.3) is 6.08 Å². The molecule has 0 spiro atoms. The second-order valence-electron chi connectivity index (χ2n) is 7.58. The number of nitrogens with one attached hydrogen (secondary N) is 1. The van der Waals surface area contributed by atoms with Crippen molar-refractivity contribution in [2.24, 2.45) is 0 Å². The summed E-state index contributed by atoms with van der Waals surface area (Å²) in [6, 6.07) is 21.9. The lowest BCUT2D eigenvalue weighted by Crippen LogP contribution is -2.36. The van der Waals surface area contributed by atoms with E-state index in [0.29, 0.717) is 23.1 Å². The molecule has 1 aliphatic heterocycles. The maximum Gasteiger partial charge on any atom is 0.294 e. The van der Waals surface area contributed by atoms with Crippen LogP contribution in [-0.2, 0) is 16.2 Å². The fourth-order valence-corrected chi connectivity index (χ4v) is 4.30. The van der Waals surface area contributed by atoms with Gasteiger partial charge in [-0.15, -0.1) is 0 Å². The molecule has 0 bridgehead atoms. The van der Waals surface area contributed by atoms with Crippen LogP contribution in [0.15, 0.2) is 77.7 Å². The Kier molecular flexibility index (Phi) is 7.35. The zero-order chi connectivity index (χ0) is 24.1. The Labute approximate surface area is 206 Å². The maximum absolute atomic E-state index is 12.7. The van der Waals surface area contributed by atoms with Crippen molar-refractivity contribution in [2.75, 3.05) is 11.9 Å². The van der Waals surface area contributed by atoms with E-state index in [2.05, 4.69) is 5.32 Å². The summed E-state index contributed by atoms with van der Waals surface area (Å²) >= 11 is 6.96. The lowest BCUT2D eigenvalue weighted by Gasteiger charge is -2.13. The van der Waals surface area contributed by atoms with Crippen molar-refractivity contribution in [1.82, 2.24) is 4.90 Å². The van der Waals surface area contributed by atoms with Crippen molar-refractivity contribution in [3.63, 3.8) is 0 Å². The molecule has 0 radical (unpaired) electrons. The maximum atomic E-state index is 12.7. The van der Waals surface area contributed by atoms with E-state index < -0.39 is 17.1 Å². The summed E-state index contributed by atoms with van der Waals surface area (Å²) in [6.45, 7) is 1.86. The smallest absolute Gasteiger partial charge is 0.294 e. The highest BCUT2D eigenvalue weighted by Gasteiger charge is 2.36. The van der Waals surface area contributed by atoms with Crippen LogP contribution in [0.4, 0.5) is 10.5 Å². The fraction of sp³-hybridized carbons (Fsp3) is 0.115. The molecule has 1 aliphatic rings. The van der Waals surface area contributed by atoms with Crippen molar-refractivity contribution in [3.8, 4) is 5.75 Å². The van der Waals surface area contributed by atoms with Crippen LogP contribution >= 0.6 is 23.4 Å². The van der Waals surface area contributed by atoms with E-state index in [4.69, 9.17) is 16.3 Å². The van der Waals surface area contributed by atoms with Crippen LogP contribution in [0.3, 0.4) is 0 Å². The number of anilines is 1. The summed E-state index contributed by atoms with van der Waals surface area (Å²) < 4.78 is 5.77. The molecule has 172 valence electrons. The van der Waals surface area contributed by atoms with Gasteiger partial charge in [0.25, 0.3) is 11.1 Å². The van der Waals surface area contributed by atoms with Gasteiger partial charge in [-0.1, -0.05) is 60.1 Å². The number of rotatable bonds is 7. The van der Waals surface area contributed by atoms with Gasteiger partial charge in [0.15, 0.2) is 0 Å². The standard InChI is InChI=1S/C26H21ClN2O4S/c1-17-6-2-5-9-22(17)28-24(30)15-29-25(31)23(34-26(29)32)14-18-10-12-20(13-11-18)33-16-19-7-3-4-8-21(19)27/h2-14H,15-16H2,1H3,(H,28,30)/b23-14+. The van der Waals surface area contributed by atoms with Gasteiger partial charge in [0.2, 0.25) is 5.91 Å². The predicted molar refractivity (Wildman–Crippen MR) is 135 cm³/mol. The molecule has 1 saturated heterocycles. The van der Waals surface area contributed by atoms with Crippen LogP contribution in [0.5, 0.6) is 5.75 Å². The number of nitrogens with zero attached hydrogens (tertiary/aromatic N) is 1. The van der Waals surface area contributed by atoms with Gasteiger partial charge in [0, 0.05) is 16.3 Å². The second kappa shape index (κ2) is 10.6. The average Bonchev–Trinajstić information content (AvgIpc) is 3.08. The minimum absolute atomic E-state index is 0.262. The van der Waals surface area contributed by atoms with Crippen molar-refractivity contribution >= 4 is 52.2 Å². The molecule has 1 heterocycles. The Hall–Kier alpha value is -3.55. The van der Waals surface area contributed by atoms with Gasteiger partial charge in [0.05, 0.1) is 4.91 Å². The summed E-state index contributed by atoms with van der Waals surface area (Å²) in [5, 5.41) is 2.91. The first-order valence-corrected chi connectivity index (χ1v) is 11.7. The van der Waals surface area contributed by atoms with Crippen molar-refractivity contribution in [3.05, 3.63) is 99.4 Å². The van der Waals surface area contributed by atoms with Crippen LogP contribution in [0.1, 0.15) is 16.7 Å². The summed E-state index contributed by atoms with van der Waals surface area (Å²) in [4.78, 5) is 38.7. The minimum Gasteiger partial charge on any atom is -0.489 e. The highest BCUT2D eigenvalue weighted by Crippen LogP contribution is 2.32. The molecule has 3 aromatic rings. The number of benzene rings is 3. The first kappa shape index (κ1) is 23.6. The Morgan fingerprint density at radius 3 is 2.47 bits per heavy atom. The lowest BCUT2D eigenvalue weighted by molar-refractivity contribution is -0.127. The normalized spacial score (nSPS) is 14.5. The van der Waals surface area contributed by atoms with E-state index >= 15 is 0 Å². The minimum atomic E-state index is -0.492. The topological polar surface area (TPSA) is 75.7 Å². The Balaban J connectivity index is 1.37. The molecule has 3 aromatic carbocycles. The summed E-state index contributed by atoms with van der Waals surface area (Å²) in [7, 11) is 0. The first-order valence-electron chi connectivity index (χ1n) is 10.5. The van der Waals surface area contributed by atoms with Crippen LogP contribution in [0, 0.1) is 6.92 Å². The average molecular weight is 493 g/mol. The molecule has 3 amide bonds. The molecule has 0 aromatic heterocycles. The largest absolute Gasteiger partial charge is 0.489 e. The summed E-state index contributed by atoms with van der Waals surface area (Å²) in [5.74, 6) is -0.273. The number of ether oxygens (including phenoxy) is 1. The number of carbonyl (C=O) groups excluding carboxylic acids is 3. The van der Waals surface area contributed by atoms with Gasteiger partial charge >= 0.3 is 0 Å². The third-order valence-corrected chi connectivity index (χ3v) is 6.40. The first-order chi connectivity index (χ1) is 16.4. The molecule has 0 aliphatic carbocycles. The monoisotopic (exact) mass is 492 g/mol. The number of hydrogen-bond acceptors (Lipinski definition) is 5.